The smallest absolute Gasteiger partial charge is 0.357 e. The van der Waals surface area contributed by atoms with Crippen molar-refractivity contribution >= 4 is 27.3 Å². The molecule has 8 heteroatoms. The highest BCUT2D eigenvalue weighted by atomic mass is 32.2. The van der Waals surface area contributed by atoms with Gasteiger partial charge in [0.05, 0.1) is 18.0 Å². The summed E-state index contributed by atoms with van der Waals surface area (Å²) in [5.41, 5.74) is 1.21. The lowest BCUT2D eigenvalue weighted by atomic mass is 10.2. The van der Waals surface area contributed by atoms with Crippen molar-refractivity contribution in [1.29, 1.82) is 0 Å². The fourth-order valence-corrected chi connectivity index (χ4v) is 4.58. The molecule has 0 spiro atoms. The predicted molar refractivity (Wildman–Crippen MR) is 97.1 cm³/mol. The fourth-order valence-electron chi connectivity index (χ4n) is 2.23. The molecular formula is C17H22N2O4S2. The molecule has 0 aliphatic heterocycles. The lowest BCUT2D eigenvalue weighted by Crippen LogP contribution is -2.31. The van der Waals surface area contributed by atoms with Crippen molar-refractivity contribution in [1.82, 2.24) is 9.29 Å². The molecule has 0 saturated heterocycles. The van der Waals surface area contributed by atoms with Crippen molar-refractivity contribution in [2.45, 2.75) is 38.6 Å². The van der Waals surface area contributed by atoms with Gasteiger partial charge in [0.2, 0.25) is 10.0 Å². The molecule has 0 aliphatic carbocycles. The van der Waals surface area contributed by atoms with Gasteiger partial charge in [-0.05, 0) is 32.4 Å². The number of aromatic nitrogens is 1. The normalized spacial score (nSPS) is 11.7. The summed E-state index contributed by atoms with van der Waals surface area (Å²) in [4.78, 5) is 16.2. The lowest BCUT2D eigenvalue weighted by Gasteiger charge is -2.20. The van der Waals surface area contributed by atoms with Crippen molar-refractivity contribution in [3.8, 4) is 0 Å². The Morgan fingerprint density at radius 1 is 1.24 bits per heavy atom. The summed E-state index contributed by atoms with van der Waals surface area (Å²) < 4.78 is 32.1. The highest BCUT2D eigenvalue weighted by Gasteiger charge is 2.25. The number of benzene rings is 1. The Labute approximate surface area is 152 Å². The number of sulfonamides is 1. The molecule has 1 aromatic carbocycles. The van der Waals surface area contributed by atoms with Gasteiger partial charge in [-0.3, -0.25) is 0 Å². The molecule has 2 rings (SSSR count). The molecule has 6 nitrogen and oxygen atoms in total. The number of carbonyl (C=O) groups excluding carboxylic acids is 1. The van der Waals surface area contributed by atoms with Crippen LogP contribution in [0.4, 0.5) is 0 Å². The zero-order chi connectivity index (χ0) is 18.4. The topological polar surface area (TPSA) is 76.6 Å². The number of carbonyl (C=O) groups is 1. The minimum atomic E-state index is -3.62. The van der Waals surface area contributed by atoms with E-state index in [0.29, 0.717) is 18.0 Å². The Morgan fingerprint density at radius 3 is 2.52 bits per heavy atom. The molecule has 1 heterocycles. The van der Waals surface area contributed by atoms with Gasteiger partial charge in [-0.1, -0.05) is 24.6 Å². The van der Waals surface area contributed by atoms with Gasteiger partial charge in [-0.25, -0.2) is 18.2 Å². The third kappa shape index (κ3) is 4.87. The molecule has 25 heavy (non-hydrogen) atoms. The molecule has 0 radical (unpaired) electrons. The molecule has 0 bridgehead atoms. The maximum atomic E-state index is 12.9. The average Bonchev–Trinajstić information content (AvgIpc) is 3.04. The number of esters is 1. The monoisotopic (exact) mass is 382 g/mol. The van der Waals surface area contributed by atoms with E-state index < -0.39 is 16.0 Å². The van der Waals surface area contributed by atoms with E-state index in [-0.39, 0.29) is 23.7 Å². The van der Waals surface area contributed by atoms with Gasteiger partial charge in [0.25, 0.3) is 0 Å². The van der Waals surface area contributed by atoms with E-state index in [9.17, 15) is 13.2 Å². The average molecular weight is 383 g/mol. The van der Waals surface area contributed by atoms with Crippen LogP contribution in [0, 0.1) is 6.92 Å². The van der Waals surface area contributed by atoms with Crippen LogP contribution < -0.4 is 0 Å². The largest absolute Gasteiger partial charge is 0.461 e. The molecule has 0 unspecified atom stereocenters. The van der Waals surface area contributed by atoms with Gasteiger partial charge in [0.1, 0.15) is 5.01 Å². The second-order valence-electron chi connectivity index (χ2n) is 5.50. The van der Waals surface area contributed by atoms with E-state index in [1.807, 2.05) is 13.8 Å². The summed E-state index contributed by atoms with van der Waals surface area (Å²) >= 11 is 1.25. The van der Waals surface area contributed by atoms with Crippen molar-refractivity contribution in [3.05, 3.63) is 45.9 Å². The molecule has 1 aromatic heterocycles. The first kappa shape index (κ1) is 19.6. The third-order valence-electron chi connectivity index (χ3n) is 3.48. The van der Waals surface area contributed by atoms with Crippen molar-refractivity contribution in [3.63, 3.8) is 0 Å². The van der Waals surface area contributed by atoms with Gasteiger partial charge >= 0.3 is 5.97 Å². The Hall–Kier alpha value is -1.77. The maximum absolute atomic E-state index is 12.9. The first-order chi connectivity index (χ1) is 11.9. The van der Waals surface area contributed by atoms with E-state index in [1.54, 1.807) is 36.6 Å². The van der Waals surface area contributed by atoms with Gasteiger partial charge in [-0.2, -0.15) is 4.31 Å². The minimum absolute atomic E-state index is 0.133. The van der Waals surface area contributed by atoms with E-state index in [0.717, 1.165) is 5.56 Å². The Bertz CT molecular complexity index is 813. The van der Waals surface area contributed by atoms with Crippen molar-refractivity contribution in [2.75, 3.05) is 13.2 Å². The van der Waals surface area contributed by atoms with Crippen LogP contribution in [0.3, 0.4) is 0 Å². The molecule has 2 aromatic rings. The zero-order valence-electron chi connectivity index (χ0n) is 14.6. The van der Waals surface area contributed by atoms with Crippen LogP contribution in [-0.2, 0) is 21.3 Å². The highest BCUT2D eigenvalue weighted by Crippen LogP contribution is 2.21. The molecule has 0 saturated carbocycles. The van der Waals surface area contributed by atoms with Crippen molar-refractivity contribution in [2.24, 2.45) is 0 Å². The molecule has 136 valence electrons. The lowest BCUT2D eigenvalue weighted by molar-refractivity contribution is 0.0520. The fraction of sp³-hybridized carbons (Fsp3) is 0.412. The van der Waals surface area contributed by atoms with Crippen LogP contribution in [0.1, 0.15) is 41.3 Å². The van der Waals surface area contributed by atoms with Gasteiger partial charge in [0, 0.05) is 11.9 Å². The number of nitrogens with zero attached hydrogens (tertiary/aromatic N) is 2. The van der Waals surface area contributed by atoms with Gasteiger partial charge in [0.15, 0.2) is 5.69 Å². The maximum Gasteiger partial charge on any atom is 0.357 e. The molecule has 0 fully saturated rings. The first-order valence-electron chi connectivity index (χ1n) is 8.06. The first-order valence-corrected chi connectivity index (χ1v) is 10.4. The van der Waals surface area contributed by atoms with Crippen LogP contribution in [-0.4, -0.2) is 36.8 Å². The Morgan fingerprint density at radius 2 is 1.92 bits per heavy atom. The summed E-state index contributed by atoms with van der Waals surface area (Å²) in [6, 6.07) is 6.77. The van der Waals surface area contributed by atoms with E-state index in [2.05, 4.69) is 4.98 Å². The molecule has 0 aliphatic rings. The van der Waals surface area contributed by atoms with E-state index >= 15 is 0 Å². The van der Waals surface area contributed by atoms with E-state index in [4.69, 9.17) is 4.74 Å². The number of aryl methyl sites for hydroxylation is 1. The second kappa shape index (κ2) is 8.55. The Kier molecular flexibility index (Phi) is 6.69. The number of thiazole rings is 1. The molecule has 0 N–H and O–H groups in total. The summed E-state index contributed by atoms with van der Waals surface area (Å²) in [7, 11) is -3.62. The highest BCUT2D eigenvalue weighted by molar-refractivity contribution is 7.89. The minimum Gasteiger partial charge on any atom is -0.461 e. The van der Waals surface area contributed by atoms with Crippen LogP contribution in [0.5, 0.6) is 0 Å². The van der Waals surface area contributed by atoms with Crippen LogP contribution in [0.15, 0.2) is 34.5 Å². The number of ether oxygens (including phenoxy) is 1. The van der Waals surface area contributed by atoms with Crippen molar-refractivity contribution < 1.29 is 17.9 Å². The predicted octanol–water partition coefficient (Wildman–Crippen LogP) is 3.23. The van der Waals surface area contributed by atoms with Crippen LogP contribution in [0.2, 0.25) is 0 Å². The van der Waals surface area contributed by atoms with Gasteiger partial charge in [-0.15, -0.1) is 11.3 Å². The molecule has 0 amide bonds. The zero-order valence-corrected chi connectivity index (χ0v) is 16.2. The number of hydrogen-bond donors (Lipinski definition) is 0. The molecule has 0 atom stereocenters. The Balaban J connectivity index is 2.23. The summed E-state index contributed by atoms with van der Waals surface area (Å²) in [5, 5.41) is 2.16. The van der Waals surface area contributed by atoms with Crippen LogP contribution >= 0.6 is 11.3 Å². The summed E-state index contributed by atoms with van der Waals surface area (Å²) in [6.07, 6.45) is 0.682. The van der Waals surface area contributed by atoms with Crippen LogP contribution in [0.25, 0.3) is 0 Å². The van der Waals surface area contributed by atoms with Gasteiger partial charge < -0.3 is 4.74 Å². The summed E-state index contributed by atoms with van der Waals surface area (Å²) in [6.45, 7) is 6.34. The summed E-state index contributed by atoms with van der Waals surface area (Å²) in [5.74, 6) is -0.492. The standard InChI is InChI=1S/C17H22N2O4S2/c1-4-10-19(25(21,22)14-8-6-13(3)7-9-14)11-16-18-15(12-24-16)17(20)23-5-2/h6-9,12H,4-5,10-11H2,1-3H3. The number of rotatable bonds is 8. The third-order valence-corrected chi connectivity index (χ3v) is 6.17. The SMILES string of the molecule is CCCN(Cc1nc(C(=O)OCC)cs1)S(=O)(=O)c1ccc(C)cc1. The van der Waals surface area contributed by atoms with E-state index in [1.165, 1.54) is 15.6 Å². The second-order valence-corrected chi connectivity index (χ2v) is 8.38. The quantitative estimate of drug-likeness (QED) is 0.655. The number of hydrogen-bond acceptors (Lipinski definition) is 6. The molecular weight excluding hydrogens is 360 g/mol.